The molecule has 4 aromatic rings. The van der Waals surface area contributed by atoms with Crippen molar-refractivity contribution < 1.29 is 31.5 Å². The first-order chi connectivity index (χ1) is 17.4. The van der Waals surface area contributed by atoms with E-state index in [9.17, 15) is 26.4 Å². The maximum absolute atomic E-state index is 13.2. The lowest BCUT2D eigenvalue weighted by molar-refractivity contribution is -0.141. The maximum atomic E-state index is 13.2. The fourth-order valence-corrected chi connectivity index (χ4v) is 3.98. The standard InChI is InChI=1S/C24H18F3N5O4S/c1-37(35,36)18-7-3-6-17(13-18)29-23-28-14-19(16-5-2-4-15(12-16)8-9-21(33)34)22(30-23)32-11-10-20(31-32)24(25,26)27/h2-14H,1H3,(H,33,34)(H,28,29,30). The molecule has 2 aromatic carbocycles. The van der Waals surface area contributed by atoms with Crippen molar-refractivity contribution in [1.82, 2.24) is 19.7 Å². The molecule has 0 radical (unpaired) electrons. The molecule has 0 fully saturated rings. The fourth-order valence-electron chi connectivity index (χ4n) is 3.32. The van der Waals surface area contributed by atoms with Crippen molar-refractivity contribution in [2.75, 3.05) is 11.6 Å². The number of carboxylic acid groups (broad SMARTS) is 1. The molecular formula is C24H18F3N5O4S. The Bertz CT molecular complexity index is 1610. The zero-order chi connectivity index (χ0) is 26.8. The van der Waals surface area contributed by atoms with Gasteiger partial charge in [0.05, 0.1) is 4.90 Å². The van der Waals surface area contributed by atoms with E-state index in [1.807, 2.05) is 0 Å². The van der Waals surface area contributed by atoms with Crippen LogP contribution in [0.25, 0.3) is 23.0 Å². The molecule has 4 rings (SSSR count). The number of hydrogen-bond donors (Lipinski definition) is 2. The summed E-state index contributed by atoms with van der Waals surface area (Å²) in [6, 6.07) is 13.3. The molecule has 2 aromatic heterocycles. The normalized spacial score (nSPS) is 12.1. The molecule has 190 valence electrons. The van der Waals surface area contributed by atoms with E-state index in [1.165, 1.54) is 30.5 Å². The van der Waals surface area contributed by atoms with E-state index in [-0.39, 0.29) is 16.7 Å². The van der Waals surface area contributed by atoms with Gasteiger partial charge in [0.25, 0.3) is 0 Å². The number of nitrogens with zero attached hydrogens (tertiary/aromatic N) is 4. The molecule has 0 atom stereocenters. The van der Waals surface area contributed by atoms with Crippen molar-refractivity contribution in [3.8, 4) is 16.9 Å². The number of carbonyl (C=O) groups is 1. The van der Waals surface area contributed by atoms with Crippen LogP contribution in [-0.4, -0.2) is 45.5 Å². The van der Waals surface area contributed by atoms with Crippen LogP contribution in [-0.2, 0) is 20.8 Å². The van der Waals surface area contributed by atoms with Gasteiger partial charge in [-0.25, -0.2) is 22.9 Å². The van der Waals surface area contributed by atoms with Crippen LogP contribution < -0.4 is 5.32 Å². The summed E-state index contributed by atoms with van der Waals surface area (Å²) in [4.78, 5) is 19.5. The molecule has 0 saturated heterocycles. The minimum Gasteiger partial charge on any atom is -0.478 e. The Morgan fingerprint density at radius 3 is 2.54 bits per heavy atom. The predicted octanol–water partition coefficient (Wildman–Crippen LogP) is 4.59. The third-order valence-corrected chi connectivity index (χ3v) is 6.11. The van der Waals surface area contributed by atoms with Gasteiger partial charge in [0.1, 0.15) is 0 Å². The van der Waals surface area contributed by atoms with Gasteiger partial charge >= 0.3 is 12.1 Å². The Balaban J connectivity index is 1.80. The van der Waals surface area contributed by atoms with Crippen LogP contribution in [0.3, 0.4) is 0 Å². The molecule has 0 unspecified atom stereocenters. The number of aliphatic carboxylic acids is 1. The average molecular weight is 530 g/mol. The van der Waals surface area contributed by atoms with Crippen molar-refractivity contribution in [2.45, 2.75) is 11.1 Å². The van der Waals surface area contributed by atoms with Crippen LogP contribution in [0.4, 0.5) is 24.8 Å². The third kappa shape index (κ3) is 6.19. The van der Waals surface area contributed by atoms with Crippen molar-refractivity contribution in [2.24, 2.45) is 0 Å². The highest BCUT2D eigenvalue weighted by molar-refractivity contribution is 7.90. The molecule has 0 spiro atoms. The van der Waals surface area contributed by atoms with Gasteiger partial charge in [-0.15, -0.1) is 0 Å². The second-order valence-corrected chi connectivity index (χ2v) is 9.81. The molecular weight excluding hydrogens is 511 g/mol. The first-order valence-corrected chi connectivity index (χ1v) is 12.4. The first kappa shape index (κ1) is 25.6. The van der Waals surface area contributed by atoms with Gasteiger partial charge in [0.15, 0.2) is 21.3 Å². The lowest BCUT2D eigenvalue weighted by atomic mass is 10.0. The number of anilines is 2. The number of alkyl halides is 3. The number of aromatic nitrogens is 4. The topological polar surface area (TPSA) is 127 Å². The minimum absolute atomic E-state index is 0.00614. The number of nitrogens with one attached hydrogen (secondary N) is 1. The quantitative estimate of drug-likeness (QED) is 0.333. The second kappa shape index (κ2) is 9.85. The highest BCUT2D eigenvalue weighted by Gasteiger charge is 2.34. The smallest absolute Gasteiger partial charge is 0.435 e. The fraction of sp³-hybridized carbons (Fsp3) is 0.0833. The Morgan fingerprint density at radius 2 is 1.86 bits per heavy atom. The summed E-state index contributed by atoms with van der Waals surface area (Å²) in [5.74, 6) is -1.15. The molecule has 9 nitrogen and oxygen atoms in total. The summed E-state index contributed by atoms with van der Waals surface area (Å²) < 4.78 is 64.4. The van der Waals surface area contributed by atoms with Crippen LogP contribution in [0.5, 0.6) is 0 Å². The molecule has 0 aliphatic carbocycles. The van der Waals surface area contributed by atoms with Crippen molar-refractivity contribution in [1.29, 1.82) is 0 Å². The van der Waals surface area contributed by atoms with Gasteiger partial charge < -0.3 is 10.4 Å². The van der Waals surface area contributed by atoms with E-state index in [0.29, 0.717) is 22.4 Å². The highest BCUT2D eigenvalue weighted by atomic mass is 32.2. The Hall–Kier alpha value is -4.52. The van der Waals surface area contributed by atoms with Crippen LogP contribution in [0.2, 0.25) is 0 Å². The Morgan fingerprint density at radius 1 is 1.11 bits per heavy atom. The summed E-state index contributed by atoms with van der Waals surface area (Å²) in [7, 11) is -3.48. The maximum Gasteiger partial charge on any atom is 0.435 e. The van der Waals surface area contributed by atoms with Gasteiger partial charge in [-0.05, 0) is 47.5 Å². The Kier molecular flexibility index (Phi) is 6.81. The van der Waals surface area contributed by atoms with Crippen molar-refractivity contribution in [3.63, 3.8) is 0 Å². The van der Waals surface area contributed by atoms with Gasteiger partial charge in [-0.1, -0.05) is 24.3 Å². The number of carboxylic acids is 1. The summed E-state index contributed by atoms with van der Waals surface area (Å²) in [5.41, 5.74) is 0.571. The van der Waals surface area contributed by atoms with E-state index in [1.54, 1.807) is 30.3 Å². The largest absolute Gasteiger partial charge is 0.478 e. The number of rotatable bonds is 7. The molecule has 2 N–H and O–H groups in total. The zero-order valence-corrected chi connectivity index (χ0v) is 19.8. The molecule has 0 aliphatic rings. The van der Waals surface area contributed by atoms with Gasteiger partial charge in [0, 0.05) is 36.0 Å². The molecule has 0 aliphatic heterocycles. The number of benzene rings is 2. The summed E-state index contributed by atoms with van der Waals surface area (Å²) in [6.07, 6.45) is 1.19. The van der Waals surface area contributed by atoms with E-state index in [4.69, 9.17) is 5.11 Å². The summed E-state index contributed by atoms with van der Waals surface area (Å²) in [5, 5.41) is 15.4. The summed E-state index contributed by atoms with van der Waals surface area (Å²) in [6.45, 7) is 0. The molecule has 0 bridgehead atoms. The first-order valence-electron chi connectivity index (χ1n) is 10.5. The number of sulfone groups is 1. The van der Waals surface area contributed by atoms with Crippen molar-refractivity contribution in [3.05, 3.63) is 84.3 Å². The average Bonchev–Trinajstić information content (AvgIpc) is 3.34. The summed E-state index contributed by atoms with van der Waals surface area (Å²) >= 11 is 0. The highest BCUT2D eigenvalue weighted by Crippen LogP contribution is 2.31. The third-order valence-electron chi connectivity index (χ3n) is 5.00. The Labute approximate surface area is 208 Å². The molecule has 37 heavy (non-hydrogen) atoms. The predicted molar refractivity (Wildman–Crippen MR) is 129 cm³/mol. The van der Waals surface area contributed by atoms with Crippen LogP contribution >= 0.6 is 0 Å². The zero-order valence-electron chi connectivity index (χ0n) is 19.0. The lowest BCUT2D eigenvalue weighted by Crippen LogP contribution is -2.10. The van der Waals surface area contributed by atoms with Crippen LogP contribution in [0, 0.1) is 0 Å². The van der Waals surface area contributed by atoms with E-state index >= 15 is 0 Å². The van der Waals surface area contributed by atoms with Crippen LogP contribution in [0.15, 0.2) is 78.0 Å². The second-order valence-electron chi connectivity index (χ2n) is 7.80. The number of halogens is 3. The van der Waals surface area contributed by atoms with E-state index in [0.717, 1.165) is 29.3 Å². The van der Waals surface area contributed by atoms with E-state index < -0.39 is 27.7 Å². The SMILES string of the molecule is CS(=O)(=O)c1cccc(Nc2ncc(-c3cccc(C=CC(=O)O)c3)c(-n3ccc(C(F)(F)F)n3)n2)c1. The molecule has 0 saturated carbocycles. The molecule has 0 amide bonds. The number of hydrogen-bond acceptors (Lipinski definition) is 7. The molecule has 2 heterocycles. The van der Waals surface area contributed by atoms with Gasteiger partial charge in [-0.2, -0.15) is 23.3 Å². The minimum atomic E-state index is -4.67. The van der Waals surface area contributed by atoms with Gasteiger partial charge in [0.2, 0.25) is 5.95 Å². The van der Waals surface area contributed by atoms with Crippen molar-refractivity contribution >= 4 is 33.5 Å². The van der Waals surface area contributed by atoms with Gasteiger partial charge in [-0.3, -0.25) is 0 Å². The lowest BCUT2D eigenvalue weighted by Gasteiger charge is -2.13. The monoisotopic (exact) mass is 529 g/mol. The van der Waals surface area contributed by atoms with E-state index in [2.05, 4.69) is 20.4 Å². The van der Waals surface area contributed by atoms with Crippen LogP contribution in [0.1, 0.15) is 11.3 Å². The molecule has 13 heteroatoms.